The van der Waals surface area contributed by atoms with E-state index in [0.717, 1.165) is 4.90 Å². The lowest BCUT2D eigenvalue weighted by Crippen LogP contribution is -2.45. The van der Waals surface area contributed by atoms with Crippen molar-refractivity contribution in [2.75, 3.05) is 19.7 Å². The van der Waals surface area contributed by atoms with E-state index in [-0.39, 0.29) is 30.4 Å². The van der Waals surface area contributed by atoms with Crippen LogP contribution in [-0.2, 0) is 4.79 Å². The van der Waals surface area contributed by atoms with Gasteiger partial charge < -0.3 is 14.4 Å². The molecule has 186 valence electrons. The van der Waals surface area contributed by atoms with Crippen LogP contribution in [0.2, 0.25) is 0 Å². The van der Waals surface area contributed by atoms with E-state index in [1.807, 2.05) is 0 Å². The summed E-state index contributed by atoms with van der Waals surface area (Å²) in [7, 11) is 0. The summed E-state index contributed by atoms with van der Waals surface area (Å²) in [6, 6.07) is 2.66. The number of hydrogen-bond acceptors (Lipinski definition) is 6. The van der Waals surface area contributed by atoms with Crippen LogP contribution in [0.3, 0.4) is 0 Å². The number of aromatic nitrogens is 1. The molecule has 34 heavy (non-hydrogen) atoms. The summed E-state index contributed by atoms with van der Waals surface area (Å²) >= 11 is 0. The maximum Gasteiger partial charge on any atom is 0.422 e. The van der Waals surface area contributed by atoms with Crippen LogP contribution in [-0.4, -0.2) is 52.8 Å². The van der Waals surface area contributed by atoms with Crippen LogP contribution in [0.1, 0.15) is 19.3 Å². The SMILES string of the molecule is NN1C=CC(Oc2ncccc2OCC(F)(F)F)=C/C1=C/CC1CCCN(CC(F)(F)F)C1=O. The van der Waals surface area contributed by atoms with Gasteiger partial charge in [-0.1, -0.05) is 6.08 Å². The Kier molecular flexibility index (Phi) is 7.75. The number of halogens is 6. The Bertz CT molecular complexity index is 974. The van der Waals surface area contributed by atoms with Crippen molar-refractivity contribution in [3.8, 4) is 11.6 Å². The van der Waals surface area contributed by atoms with Crippen LogP contribution in [0.4, 0.5) is 26.3 Å². The van der Waals surface area contributed by atoms with Crippen molar-refractivity contribution in [1.82, 2.24) is 14.9 Å². The maximum atomic E-state index is 12.7. The molecule has 7 nitrogen and oxygen atoms in total. The monoisotopic (exact) mass is 492 g/mol. The van der Waals surface area contributed by atoms with E-state index in [2.05, 4.69) is 4.98 Å². The van der Waals surface area contributed by atoms with Gasteiger partial charge in [0, 0.05) is 30.9 Å². The van der Waals surface area contributed by atoms with Gasteiger partial charge in [0.15, 0.2) is 12.4 Å². The predicted octanol–water partition coefficient (Wildman–Crippen LogP) is 4.06. The van der Waals surface area contributed by atoms with E-state index in [4.69, 9.17) is 15.3 Å². The minimum atomic E-state index is -4.54. The van der Waals surface area contributed by atoms with E-state index >= 15 is 0 Å². The third-order valence-corrected chi connectivity index (χ3v) is 4.95. The van der Waals surface area contributed by atoms with Gasteiger partial charge >= 0.3 is 12.4 Å². The van der Waals surface area contributed by atoms with E-state index in [1.165, 1.54) is 41.7 Å². The van der Waals surface area contributed by atoms with Gasteiger partial charge in [-0.05, 0) is 37.5 Å². The molecule has 0 radical (unpaired) electrons. The zero-order valence-corrected chi connectivity index (χ0v) is 17.8. The molecule has 1 unspecified atom stereocenters. The Balaban J connectivity index is 1.69. The standard InChI is InChI=1S/C21H22F6N4O3/c22-20(23,24)12-30-9-2-3-14(19(30)32)5-6-15-11-16(7-10-31(15)28)34-18-17(4-1-8-29-18)33-13-21(25,26)27/h1,4,6-8,10-11,14H,2-3,5,9,12-13,28H2/b15-6-. The second-order valence-corrected chi connectivity index (χ2v) is 7.66. The fraction of sp³-hybridized carbons (Fsp3) is 0.429. The summed E-state index contributed by atoms with van der Waals surface area (Å²) in [6.45, 7) is -2.75. The van der Waals surface area contributed by atoms with Crippen molar-refractivity contribution in [3.05, 3.63) is 54.2 Å². The Morgan fingerprint density at radius 2 is 1.97 bits per heavy atom. The zero-order valence-electron chi connectivity index (χ0n) is 17.8. The quantitative estimate of drug-likeness (QED) is 0.457. The van der Waals surface area contributed by atoms with Crippen molar-refractivity contribution in [2.45, 2.75) is 31.6 Å². The first-order valence-electron chi connectivity index (χ1n) is 10.2. The number of allylic oxidation sites excluding steroid dienone is 3. The first-order valence-corrected chi connectivity index (χ1v) is 10.2. The Morgan fingerprint density at radius 1 is 1.21 bits per heavy atom. The lowest BCUT2D eigenvalue weighted by atomic mass is 9.93. The molecule has 1 aromatic heterocycles. The number of rotatable bonds is 7. The molecule has 1 amide bonds. The number of pyridine rings is 1. The number of nitrogens with two attached hydrogens (primary N) is 1. The fourth-order valence-corrected chi connectivity index (χ4v) is 3.45. The van der Waals surface area contributed by atoms with E-state index in [1.54, 1.807) is 6.08 Å². The Labute approximate surface area is 191 Å². The molecular weight excluding hydrogens is 470 g/mol. The van der Waals surface area contributed by atoms with Gasteiger partial charge in [-0.3, -0.25) is 9.80 Å². The van der Waals surface area contributed by atoms with E-state index < -0.39 is 37.3 Å². The van der Waals surface area contributed by atoms with Crippen LogP contribution in [0.25, 0.3) is 0 Å². The summed E-state index contributed by atoms with van der Waals surface area (Å²) in [4.78, 5) is 17.1. The van der Waals surface area contributed by atoms with Crippen LogP contribution in [0.5, 0.6) is 11.6 Å². The number of nitrogens with zero attached hydrogens (tertiary/aromatic N) is 3. The zero-order chi connectivity index (χ0) is 24.9. The summed E-state index contributed by atoms with van der Waals surface area (Å²) in [5, 5.41) is 1.22. The maximum absolute atomic E-state index is 12.7. The second-order valence-electron chi connectivity index (χ2n) is 7.66. The fourth-order valence-electron chi connectivity index (χ4n) is 3.45. The molecule has 2 aliphatic rings. The highest BCUT2D eigenvalue weighted by Crippen LogP contribution is 2.30. The molecule has 0 aliphatic carbocycles. The van der Waals surface area contributed by atoms with Gasteiger partial charge in [0.25, 0.3) is 5.88 Å². The van der Waals surface area contributed by atoms with Crippen molar-refractivity contribution < 1.29 is 40.6 Å². The first kappa shape index (κ1) is 25.4. The number of ether oxygens (including phenoxy) is 2. The highest BCUT2D eigenvalue weighted by molar-refractivity contribution is 5.79. The summed E-state index contributed by atoms with van der Waals surface area (Å²) in [6.07, 6.45) is -0.747. The number of carbonyl (C=O) groups excluding carboxylic acids is 1. The molecular formula is C21H22F6N4O3. The number of alkyl halides is 6. The van der Waals surface area contributed by atoms with Crippen LogP contribution in [0.15, 0.2) is 54.2 Å². The number of carbonyl (C=O) groups is 1. The molecule has 13 heteroatoms. The molecule has 2 N–H and O–H groups in total. The molecule has 0 saturated carbocycles. The van der Waals surface area contributed by atoms with Crippen molar-refractivity contribution >= 4 is 5.91 Å². The molecule has 1 aromatic rings. The summed E-state index contributed by atoms with van der Waals surface area (Å²) in [5.74, 6) is 4.46. The van der Waals surface area contributed by atoms with Gasteiger partial charge in [0.1, 0.15) is 12.3 Å². The van der Waals surface area contributed by atoms with E-state index in [9.17, 15) is 31.1 Å². The number of hydrazine groups is 1. The largest absolute Gasteiger partial charge is 0.478 e. The molecule has 0 bridgehead atoms. The predicted molar refractivity (Wildman–Crippen MR) is 108 cm³/mol. The molecule has 1 atom stereocenters. The smallest absolute Gasteiger partial charge is 0.422 e. The molecule has 1 fully saturated rings. The highest BCUT2D eigenvalue weighted by Gasteiger charge is 2.37. The molecule has 3 rings (SSSR count). The first-order chi connectivity index (χ1) is 15.9. The van der Waals surface area contributed by atoms with Crippen molar-refractivity contribution in [3.63, 3.8) is 0 Å². The van der Waals surface area contributed by atoms with Crippen molar-refractivity contribution in [1.29, 1.82) is 0 Å². The minimum absolute atomic E-state index is 0.0534. The van der Waals surface area contributed by atoms with Gasteiger partial charge in [-0.15, -0.1) is 0 Å². The van der Waals surface area contributed by atoms with Gasteiger partial charge in [-0.2, -0.15) is 26.3 Å². The van der Waals surface area contributed by atoms with Crippen LogP contribution in [0, 0.1) is 5.92 Å². The molecule has 0 spiro atoms. The topological polar surface area (TPSA) is 80.9 Å². The number of piperidine rings is 1. The molecule has 1 saturated heterocycles. The van der Waals surface area contributed by atoms with Crippen LogP contribution >= 0.6 is 0 Å². The number of amides is 1. The lowest BCUT2D eigenvalue weighted by molar-refractivity contribution is -0.166. The van der Waals surface area contributed by atoms with Crippen LogP contribution < -0.4 is 15.3 Å². The third kappa shape index (κ3) is 7.40. The summed E-state index contributed by atoms with van der Waals surface area (Å²) < 4.78 is 85.8. The molecule has 0 aromatic carbocycles. The third-order valence-electron chi connectivity index (χ3n) is 4.95. The van der Waals surface area contributed by atoms with Crippen molar-refractivity contribution in [2.24, 2.45) is 11.8 Å². The van der Waals surface area contributed by atoms with Gasteiger partial charge in [-0.25, -0.2) is 10.8 Å². The normalized spacial score (nSPS) is 20.6. The average Bonchev–Trinajstić information content (AvgIpc) is 2.74. The highest BCUT2D eigenvalue weighted by atomic mass is 19.4. The second kappa shape index (κ2) is 10.4. The summed E-state index contributed by atoms with van der Waals surface area (Å²) in [5.41, 5.74) is 0.381. The van der Waals surface area contributed by atoms with Gasteiger partial charge in [0.05, 0.1) is 5.70 Å². The Morgan fingerprint density at radius 3 is 2.68 bits per heavy atom. The average molecular weight is 492 g/mol. The molecule has 2 aliphatic heterocycles. The number of likely N-dealkylation sites (tertiary alicyclic amines) is 1. The molecule has 3 heterocycles. The Hall–Kier alpha value is -3.22. The number of hydrogen-bond donors (Lipinski definition) is 1. The van der Waals surface area contributed by atoms with E-state index in [0.29, 0.717) is 18.5 Å². The minimum Gasteiger partial charge on any atom is -0.478 e. The lowest BCUT2D eigenvalue weighted by Gasteiger charge is -2.32. The van der Waals surface area contributed by atoms with Gasteiger partial charge in [0.2, 0.25) is 5.91 Å².